The number of nitrogens with zero attached hydrogens (tertiary/aromatic N) is 1. The third kappa shape index (κ3) is 5.05. The zero-order valence-electron chi connectivity index (χ0n) is 12.6. The zero-order chi connectivity index (χ0) is 15.6. The van der Waals surface area contributed by atoms with Crippen molar-refractivity contribution in [3.63, 3.8) is 0 Å². The Kier molecular flexibility index (Phi) is 6.18. The van der Waals surface area contributed by atoms with E-state index >= 15 is 0 Å². The molecule has 0 aliphatic heterocycles. The number of carbonyl (C=O) groups is 1. The number of carbonyl (C=O) groups excluding carboxylic acids is 1. The lowest BCUT2D eigenvalue weighted by Crippen LogP contribution is -2.08. The minimum absolute atomic E-state index is 0.242. The Labute approximate surface area is 130 Å². The molecule has 0 unspecified atom stereocenters. The number of benzene rings is 2. The van der Waals surface area contributed by atoms with Gasteiger partial charge in [-0.15, -0.1) is 0 Å². The molecular formula is C18H19NO3. The van der Waals surface area contributed by atoms with Crippen LogP contribution in [0.1, 0.15) is 30.9 Å². The highest BCUT2D eigenvalue weighted by Gasteiger charge is 2.06. The van der Waals surface area contributed by atoms with Crippen LogP contribution in [-0.2, 0) is 16.2 Å². The van der Waals surface area contributed by atoms with Crippen molar-refractivity contribution >= 4 is 12.2 Å². The Morgan fingerprint density at radius 3 is 2.59 bits per heavy atom. The minimum Gasteiger partial charge on any atom is -0.426 e. The number of ether oxygens (including phenoxy) is 1. The predicted octanol–water partition coefficient (Wildman–Crippen LogP) is 3.94. The summed E-state index contributed by atoms with van der Waals surface area (Å²) in [5, 5.41) is 3.93. The van der Waals surface area contributed by atoms with Crippen molar-refractivity contribution < 1.29 is 14.4 Å². The van der Waals surface area contributed by atoms with Crippen LogP contribution in [0, 0.1) is 0 Å². The SMILES string of the molecule is CCCC(=O)Oc1ccccc1C=NOCc1ccccc1. The molecule has 0 spiro atoms. The Hall–Kier alpha value is -2.62. The summed E-state index contributed by atoms with van der Waals surface area (Å²) in [6.07, 6.45) is 2.71. The van der Waals surface area contributed by atoms with Gasteiger partial charge in [-0.25, -0.2) is 0 Å². The van der Waals surface area contributed by atoms with Crippen LogP contribution in [-0.4, -0.2) is 12.2 Å². The third-order valence-electron chi connectivity index (χ3n) is 2.94. The molecule has 2 aromatic rings. The molecule has 0 aliphatic rings. The summed E-state index contributed by atoms with van der Waals surface area (Å²) < 4.78 is 5.32. The molecule has 0 aliphatic carbocycles. The van der Waals surface area contributed by atoms with E-state index in [-0.39, 0.29) is 5.97 Å². The van der Waals surface area contributed by atoms with E-state index in [0.29, 0.717) is 24.3 Å². The lowest BCUT2D eigenvalue weighted by molar-refractivity contribution is -0.134. The second-order valence-electron chi connectivity index (χ2n) is 4.76. The Morgan fingerprint density at radius 2 is 1.82 bits per heavy atom. The average Bonchev–Trinajstić information content (AvgIpc) is 2.54. The van der Waals surface area contributed by atoms with E-state index in [4.69, 9.17) is 9.57 Å². The summed E-state index contributed by atoms with van der Waals surface area (Å²) in [5.41, 5.74) is 1.75. The molecule has 0 amide bonds. The van der Waals surface area contributed by atoms with Crippen molar-refractivity contribution in [3.05, 3.63) is 65.7 Å². The van der Waals surface area contributed by atoms with Crippen LogP contribution in [0.25, 0.3) is 0 Å². The first-order valence-electron chi connectivity index (χ1n) is 7.28. The first-order valence-corrected chi connectivity index (χ1v) is 7.28. The summed E-state index contributed by atoms with van der Waals surface area (Å²) in [4.78, 5) is 16.8. The van der Waals surface area contributed by atoms with Gasteiger partial charge in [0.2, 0.25) is 0 Å². The average molecular weight is 297 g/mol. The van der Waals surface area contributed by atoms with Gasteiger partial charge in [0, 0.05) is 12.0 Å². The highest BCUT2D eigenvalue weighted by molar-refractivity contribution is 5.85. The van der Waals surface area contributed by atoms with Gasteiger partial charge in [-0.05, 0) is 24.1 Å². The van der Waals surface area contributed by atoms with Crippen molar-refractivity contribution in [3.8, 4) is 5.75 Å². The fourth-order valence-corrected chi connectivity index (χ4v) is 1.84. The highest BCUT2D eigenvalue weighted by atomic mass is 16.6. The molecule has 0 N–H and O–H groups in total. The van der Waals surface area contributed by atoms with E-state index in [1.165, 1.54) is 0 Å². The van der Waals surface area contributed by atoms with Crippen molar-refractivity contribution in [2.24, 2.45) is 5.16 Å². The number of esters is 1. The van der Waals surface area contributed by atoms with Crippen molar-refractivity contribution in [1.82, 2.24) is 0 Å². The molecule has 0 fully saturated rings. The smallest absolute Gasteiger partial charge is 0.311 e. The van der Waals surface area contributed by atoms with Crippen LogP contribution >= 0.6 is 0 Å². The molecule has 2 aromatic carbocycles. The minimum atomic E-state index is -0.242. The zero-order valence-corrected chi connectivity index (χ0v) is 12.6. The highest BCUT2D eigenvalue weighted by Crippen LogP contribution is 2.17. The van der Waals surface area contributed by atoms with Crippen LogP contribution in [0.4, 0.5) is 0 Å². The standard InChI is InChI=1S/C18H19NO3/c1-2-8-18(20)22-17-12-7-6-11-16(17)13-19-21-14-15-9-4-3-5-10-15/h3-7,9-13H,2,8,14H2,1H3. The first-order chi connectivity index (χ1) is 10.8. The quantitative estimate of drug-likeness (QED) is 0.336. The van der Waals surface area contributed by atoms with Gasteiger partial charge < -0.3 is 9.57 Å². The summed E-state index contributed by atoms with van der Waals surface area (Å²) in [6, 6.07) is 17.0. The fraction of sp³-hybridized carbons (Fsp3) is 0.222. The van der Waals surface area contributed by atoms with Gasteiger partial charge in [-0.2, -0.15) is 0 Å². The molecule has 4 heteroatoms. The number of para-hydroxylation sites is 1. The van der Waals surface area contributed by atoms with Crippen LogP contribution in [0.3, 0.4) is 0 Å². The molecule has 0 atom stereocenters. The lowest BCUT2D eigenvalue weighted by atomic mass is 10.2. The number of oxime groups is 1. The maximum absolute atomic E-state index is 11.6. The van der Waals surface area contributed by atoms with Gasteiger partial charge in [-0.1, -0.05) is 54.5 Å². The largest absolute Gasteiger partial charge is 0.426 e. The summed E-state index contributed by atoms with van der Waals surface area (Å²) in [5.74, 6) is 0.251. The molecule has 0 heterocycles. The third-order valence-corrected chi connectivity index (χ3v) is 2.94. The summed E-state index contributed by atoms with van der Waals surface area (Å²) >= 11 is 0. The summed E-state index contributed by atoms with van der Waals surface area (Å²) in [6.45, 7) is 2.33. The van der Waals surface area contributed by atoms with Crippen LogP contribution in [0.5, 0.6) is 5.75 Å². The summed E-state index contributed by atoms with van der Waals surface area (Å²) in [7, 11) is 0. The van der Waals surface area contributed by atoms with E-state index in [1.807, 2.05) is 55.5 Å². The van der Waals surface area contributed by atoms with E-state index in [1.54, 1.807) is 12.3 Å². The normalized spacial score (nSPS) is 10.6. The molecule has 0 saturated heterocycles. The number of rotatable bonds is 7. The monoisotopic (exact) mass is 297 g/mol. The molecular weight excluding hydrogens is 278 g/mol. The van der Waals surface area contributed by atoms with Crippen LogP contribution in [0.15, 0.2) is 59.8 Å². The van der Waals surface area contributed by atoms with Crippen LogP contribution in [0.2, 0.25) is 0 Å². The van der Waals surface area contributed by atoms with E-state index in [0.717, 1.165) is 12.0 Å². The first kappa shape index (κ1) is 15.8. The van der Waals surface area contributed by atoms with Crippen molar-refractivity contribution in [2.45, 2.75) is 26.4 Å². The second kappa shape index (κ2) is 8.62. The Bertz CT molecular complexity index is 623. The van der Waals surface area contributed by atoms with Gasteiger partial charge in [0.1, 0.15) is 12.4 Å². The molecule has 2 rings (SSSR count). The van der Waals surface area contributed by atoms with Crippen molar-refractivity contribution in [2.75, 3.05) is 0 Å². The van der Waals surface area contributed by atoms with Crippen molar-refractivity contribution in [1.29, 1.82) is 0 Å². The predicted molar refractivity (Wildman–Crippen MR) is 85.8 cm³/mol. The molecule has 0 saturated carbocycles. The van der Waals surface area contributed by atoms with Crippen LogP contribution < -0.4 is 4.74 Å². The Balaban J connectivity index is 1.94. The molecule has 0 radical (unpaired) electrons. The maximum Gasteiger partial charge on any atom is 0.311 e. The van der Waals surface area contributed by atoms with Gasteiger partial charge in [0.25, 0.3) is 0 Å². The molecule has 4 nitrogen and oxygen atoms in total. The van der Waals surface area contributed by atoms with Gasteiger partial charge >= 0.3 is 5.97 Å². The fourth-order valence-electron chi connectivity index (χ4n) is 1.84. The van der Waals surface area contributed by atoms with E-state index < -0.39 is 0 Å². The van der Waals surface area contributed by atoms with Gasteiger partial charge in [0.15, 0.2) is 0 Å². The molecule has 0 bridgehead atoms. The number of hydrogen-bond donors (Lipinski definition) is 0. The molecule has 22 heavy (non-hydrogen) atoms. The van der Waals surface area contributed by atoms with E-state index in [9.17, 15) is 4.79 Å². The van der Waals surface area contributed by atoms with Gasteiger partial charge in [-0.3, -0.25) is 4.79 Å². The maximum atomic E-state index is 11.6. The Morgan fingerprint density at radius 1 is 1.09 bits per heavy atom. The lowest BCUT2D eigenvalue weighted by Gasteiger charge is -2.06. The molecule has 114 valence electrons. The number of hydrogen-bond acceptors (Lipinski definition) is 4. The molecule has 0 aromatic heterocycles. The second-order valence-corrected chi connectivity index (χ2v) is 4.76. The van der Waals surface area contributed by atoms with Gasteiger partial charge in [0.05, 0.1) is 6.21 Å². The van der Waals surface area contributed by atoms with E-state index in [2.05, 4.69) is 5.16 Å². The topological polar surface area (TPSA) is 47.9 Å².